The van der Waals surface area contributed by atoms with Gasteiger partial charge in [0.05, 0.1) is 5.60 Å². The number of benzene rings is 1. The number of amides is 1. The zero-order valence-corrected chi connectivity index (χ0v) is 13.4. The minimum absolute atomic E-state index is 0.0436. The number of aliphatic hydroxyl groups is 1. The summed E-state index contributed by atoms with van der Waals surface area (Å²) in [6, 6.07) is 5.48. The summed E-state index contributed by atoms with van der Waals surface area (Å²) < 4.78 is 0. The maximum Gasteiger partial charge on any atom is 0.225 e. The van der Waals surface area contributed by atoms with E-state index in [0.717, 1.165) is 17.8 Å². The molecule has 1 aromatic rings. The van der Waals surface area contributed by atoms with Crippen molar-refractivity contribution in [2.24, 2.45) is 0 Å². The predicted octanol–water partition coefficient (Wildman–Crippen LogP) is 2.00. The van der Waals surface area contributed by atoms with Crippen molar-refractivity contribution in [3.63, 3.8) is 0 Å². The van der Waals surface area contributed by atoms with Gasteiger partial charge in [-0.3, -0.25) is 4.79 Å². The zero-order chi connectivity index (χ0) is 16.0. The molecule has 1 aromatic carbocycles. The monoisotopic (exact) mass is 293 g/mol. The molecule has 21 heavy (non-hydrogen) atoms. The Morgan fingerprint density at radius 3 is 2.67 bits per heavy atom. The second-order valence-electron chi connectivity index (χ2n) is 6.00. The van der Waals surface area contributed by atoms with Gasteiger partial charge in [0.15, 0.2) is 0 Å². The normalized spacial score (nSPS) is 11.7. The highest BCUT2D eigenvalue weighted by atomic mass is 16.3. The summed E-state index contributed by atoms with van der Waals surface area (Å²) in [5.74, 6) is -0.0436. The van der Waals surface area contributed by atoms with E-state index in [-0.39, 0.29) is 5.91 Å². The van der Waals surface area contributed by atoms with Crippen LogP contribution in [0.5, 0.6) is 0 Å². The highest BCUT2D eigenvalue weighted by Crippen LogP contribution is 2.20. The van der Waals surface area contributed by atoms with E-state index in [0.29, 0.717) is 25.2 Å². The maximum absolute atomic E-state index is 12.0. The number of carbonyl (C=O) groups excluding carboxylic acids is 1. The fraction of sp³-hybridized carbons (Fsp3) is 0.562. The van der Waals surface area contributed by atoms with Gasteiger partial charge in [0.1, 0.15) is 0 Å². The molecule has 0 aliphatic rings. The van der Waals surface area contributed by atoms with Gasteiger partial charge in [0.25, 0.3) is 0 Å². The van der Waals surface area contributed by atoms with E-state index < -0.39 is 5.60 Å². The first kappa shape index (κ1) is 17.5. The quantitative estimate of drug-likeness (QED) is 0.672. The first-order valence-corrected chi connectivity index (χ1v) is 7.32. The molecule has 0 aromatic heterocycles. The minimum Gasteiger partial charge on any atom is -0.398 e. The van der Waals surface area contributed by atoms with Crippen LogP contribution in [0, 0.1) is 6.92 Å². The van der Waals surface area contributed by atoms with Gasteiger partial charge in [0.2, 0.25) is 5.91 Å². The number of nitrogen functional groups attached to an aromatic ring is 1. The van der Waals surface area contributed by atoms with E-state index >= 15 is 0 Å². The van der Waals surface area contributed by atoms with Crippen LogP contribution < -0.4 is 11.1 Å². The molecule has 0 heterocycles. The Labute approximate surface area is 127 Å². The van der Waals surface area contributed by atoms with Crippen molar-refractivity contribution in [3.8, 4) is 0 Å². The molecule has 4 N–H and O–H groups in total. The fourth-order valence-corrected chi connectivity index (χ4v) is 2.16. The van der Waals surface area contributed by atoms with Crippen molar-refractivity contribution in [2.45, 2.75) is 39.7 Å². The summed E-state index contributed by atoms with van der Waals surface area (Å²) in [5, 5.41) is 12.7. The number of anilines is 2. The molecule has 118 valence electrons. The van der Waals surface area contributed by atoms with Crippen molar-refractivity contribution >= 4 is 17.3 Å². The van der Waals surface area contributed by atoms with Crippen molar-refractivity contribution in [2.75, 3.05) is 30.7 Å². The van der Waals surface area contributed by atoms with Crippen LogP contribution in [-0.4, -0.2) is 41.1 Å². The minimum atomic E-state index is -0.753. The lowest BCUT2D eigenvalue weighted by molar-refractivity contribution is -0.116. The molecule has 0 atom stereocenters. The SMILES string of the molecule is CCN(CCC(=O)Nc1cccc(N)c1C)CC(C)(C)O. The predicted molar refractivity (Wildman–Crippen MR) is 87.2 cm³/mol. The third-order valence-electron chi connectivity index (χ3n) is 3.36. The molecular weight excluding hydrogens is 266 g/mol. The van der Waals surface area contributed by atoms with Crippen LogP contribution in [0.3, 0.4) is 0 Å². The molecule has 0 saturated carbocycles. The Balaban J connectivity index is 2.52. The molecule has 0 radical (unpaired) electrons. The summed E-state index contributed by atoms with van der Waals surface area (Å²) in [7, 11) is 0. The van der Waals surface area contributed by atoms with Crippen molar-refractivity contribution in [3.05, 3.63) is 23.8 Å². The average Bonchev–Trinajstić information content (AvgIpc) is 2.38. The summed E-state index contributed by atoms with van der Waals surface area (Å²) in [5.41, 5.74) is 7.38. The van der Waals surface area contributed by atoms with Crippen molar-refractivity contribution in [1.82, 2.24) is 4.90 Å². The summed E-state index contributed by atoms with van der Waals surface area (Å²) in [4.78, 5) is 14.1. The Kier molecular flexibility index (Phi) is 6.18. The van der Waals surface area contributed by atoms with Gasteiger partial charge in [-0.25, -0.2) is 0 Å². The highest BCUT2D eigenvalue weighted by Gasteiger charge is 2.17. The molecule has 1 rings (SSSR count). The van der Waals surface area contributed by atoms with Crippen LogP contribution in [0.4, 0.5) is 11.4 Å². The molecule has 0 bridgehead atoms. The second kappa shape index (κ2) is 7.43. The lowest BCUT2D eigenvalue weighted by Gasteiger charge is -2.27. The molecule has 0 unspecified atom stereocenters. The number of nitrogens with zero attached hydrogens (tertiary/aromatic N) is 1. The summed E-state index contributed by atoms with van der Waals surface area (Å²) in [6.45, 7) is 9.41. The molecule has 0 aliphatic heterocycles. The van der Waals surface area contributed by atoms with Gasteiger partial charge in [-0.15, -0.1) is 0 Å². The Bertz CT molecular complexity index is 481. The standard InChI is InChI=1S/C16H27N3O2/c1-5-19(11-16(3,4)21)10-9-15(20)18-14-8-6-7-13(17)12(14)2/h6-8,21H,5,9-11,17H2,1-4H3,(H,18,20). The van der Waals surface area contributed by atoms with Gasteiger partial charge in [0, 0.05) is 30.9 Å². The molecule has 0 saturated heterocycles. The largest absolute Gasteiger partial charge is 0.398 e. The van der Waals surface area contributed by atoms with Crippen LogP contribution in [0.2, 0.25) is 0 Å². The molecular formula is C16H27N3O2. The van der Waals surface area contributed by atoms with Gasteiger partial charge in [-0.05, 0) is 45.0 Å². The Hall–Kier alpha value is -1.59. The third-order valence-corrected chi connectivity index (χ3v) is 3.36. The van der Waals surface area contributed by atoms with Crippen LogP contribution in [-0.2, 0) is 4.79 Å². The van der Waals surface area contributed by atoms with Gasteiger partial charge < -0.3 is 21.1 Å². The van der Waals surface area contributed by atoms with E-state index in [1.807, 2.05) is 32.0 Å². The number of hydrogen-bond donors (Lipinski definition) is 3. The number of nitrogens with two attached hydrogens (primary N) is 1. The molecule has 5 nitrogen and oxygen atoms in total. The van der Waals surface area contributed by atoms with E-state index in [4.69, 9.17) is 5.73 Å². The van der Waals surface area contributed by atoms with Gasteiger partial charge >= 0.3 is 0 Å². The lowest BCUT2D eigenvalue weighted by Crippen LogP contribution is -2.39. The van der Waals surface area contributed by atoms with Crippen LogP contribution in [0.15, 0.2) is 18.2 Å². The Morgan fingerprint density at radius 2 is 2.10 bits per heavy atom. The van der Waals surface area contributed by atoms with E-state index in [1.54, 1.807) is 13.8 Å². The van der Waals surface area contributed by atoms with Crippen molar-refractivity contribution in [1.29, 1.82) is 0 Å². The molecule has 0 spiro atoms. The van der Waals surface area contributed by atoms with Crippen LogP contribution in [0.25, 0.3) is 0 Å². The fourth-order valence-electron chi connectivity index (χ4n) is 2.16. The molecule has 5 heteroatoms. The third kappa shape index (κ3) is 6.14. The number of carbonyl (C=O) groups is 1. The van der Waals surface area contributed by atoms with E-state index in [1.165, 1.54) is 0 Å². The highest BCUT2D eigenvalue weighted by molar-refractivity contribution is 5.92. The first-order chi connectivity index (χ1) is 9.73. The average molecular weight is 293 g/mol. The van der Waals surface area contributed by atoms with Crippen molar-refractivity contribution < 1.29 is 9.90 Å². The first-order valence-electron chi connectivity index (χ1n) is 7.32. The van der Waals surface area contributed by atoms with Gasteiger partial charge in [-0.1, -0.05) is 13.0 Å². The molecule has 1 amide bonds. The maximum atomic E-state index is 12.0. The van der Waals surface area contributed by atoms with Gasteiger partial charge in [-0.2, -0.15) is 0 Å². The summed E-state index contributed by atoms with van der Waals surface area (Å²) in [6.07, 6.45) is 0.387. The van der Waals surface area contributed by atoms with E-state index in [9.17, 15) is 9.90 Å². The topological polar surface area (TPSA) is 78.6 Å². The number of likely N-dealkylation sites (N-methyl/N-ethyl adjacent to an activating group) is 1. The zero-order valence-electron chi connectivity index (χ0n) is 13.4. The number of hydrogen-bond acceptors (Lipinski definition) is 4. The second-order valence-corrected chi connectivity index (χ2v) is 6.00. The summed E-state index contributed by atoms with van der Waals surface area (Å²) >= 11 is 0. The van der Waals surface area contributed by atoms with E-state index in [2.05, 4.69) is 10.2 Å². The Morgan fingerprint density at radius 1 is 1.43 bits per heavy atom. The number of nitrogens with one attached hydrogen (secondary N) is 1. The lowest BCUT2D eigenvalue weighted by atomic mass is 10.1. The van der Waals surface area contributed by atoms with Crippen LogP contribution >= 0.6 is 0 Å². The van der Waals surface area contributed by atoms with Crippen LogP contribution in [0.1, 0.15) is 32.8 Å². The molecule has 0 fully saturated rings. The number of rotatable bonds is 7. The molecule has 0 aliphatic carbocycles. The smallest absolute Gasteiger partial charge is 0.225 e.